The standard InChI is InChI=1S/C26H37N3O6S/c1-19(2)17-27-28-18-23(30)26(16-20-10-8-7-9-11-20,29-24(31)35-25(3,4)5)36(32,33)22-14-12-21(34-6)13-15-22/h7-15,17,19,23,28,30H,16,18H2,1-6H3,(H,29,31)/t23-,26+/m1/s1. The van der Waals surface area contributed by atoms with Gasteiger partial charge in [-0.25, -0.2) is 13.2 Å². The van der Waals surface area contributed by atoms with Crippen molar-refractivity contribution in [2.24, 2.45) is 11.0 Å². The summed E-state index contributed by atoms with van der Waals surface area (Å²) in [6.45, 7) is 8.62. The molecule has 0 aliphatic carbocycles. The Labute approximate surface area is 213 Å². The summed E-state index contributed by atoms with van der Waals surface area (Å²) >= 11 is 0. The van der Waals surface area contributed by atoms with Crippen LogP contribution in [0.4, 0.5) is 4.79 Å². The third-order valence-electron chi connectivity index (χ3n) is 5.16. The zero-order valence-electron chi connectivity index (χ0n) is 21.7. The van der Waals surface area contributed by atoms with E-state index in [0.29, 0.717) is 11.3 Å². The third kappa shape index (κ3) is 7.69. The minimum atomic E-state index is -4.40. The second-order valence-electron chi connectivity index (χ2n) is 9.76. The van der Waals surface area contributed by atoms with Crippen LogP contribution >= 0.6 is 0 Å². The molecule has 2 aromatic carbocycles. The number of carbonyl (C=O) groups excluding carboxylic acids is 1. The molecule has 0 saturated carbocycles. The zero-order chi connectivity index (χ0) is 27.0. The second-order valence-corrected chi connectivity index (χ2v) is 12.0. The molecule has 198 valence electrons. The number of hydrazone groups is 1. The smallest absolute Gasteiger partial charge is 0.409 e. The maximum Gasteiger partial charge on any atom is 0.409 e. The van der Waals surface area contributed by atoms with E-state index in [1.807, 2.05) is 13.8 Å². The molecule has 0 spiro atoms. The maximum atomic E-state index is 14.2. The topological polar surface area (TPSA) is 126 Å². The van der Waals surface area contributed by atoms with E-state index >= 15 is 0 Å². The van der Waals surface area contributed by atoms with E-state index < -0.39 is 32.5 Å². The number of amides is 1. The fourth-order valence-corrected chi connectivity index (χ4v) is 5.36. The lowest BCUT2D eigenvalue weighted by Crippen LogP contribution is -2.65. The van der Waals surface area contributed by atoms with Crippen LogP contribution in [-0.2, 0) is 21.0 Å². The number of rotatable bonds is 11. The lowest BCUT2D eigenvalue weighted by molar-refractivity contribution is 0.0369. The molecule has 0 aromatic heterocycles. The molecule has 0 aliphatic rings. The van der Waals surface area contributed by atoms with Crippen molar-refractivity contribution in [2.45, 2.75) is 62.5 Å². The van der Waals surface area contributed by atoms with Gasteiger partial charge in [-0.3, -0.25) is 5.32 Å². The molecular formula is C26H37N3O6S. The van der Waals surface area contributed by atoms with Crippen LogP contribution in [0, 0.1) is 5.92 Å². The van der Waals surface area contributed by atoms with Gasteiger partial charge < -0.3 is 20.0 Å². The Balaban J connectivity index is 2.65. The molecule has 0 unspecified atom stereocenters. The predicted molar refractivity (Wildman–Crippen MR) is 140 cm³/mol. The summed E-state index contributed by atoms with van der Waals surface area (Å²) in [7, 11) is -2.93. The van der Waals surface area contributed by atoms with Crippen molar-refractivity contribution in [3.8, 4) is 5.75 Å². The first-order valence-corrected chi connectivity index (χ1v) is 13.2. The number of methoxy groups -OCH3 is 1. The Morgan fingerprint density at radius 1 is 1.08 bits per heavy atom. The van der Waals surface area contributed by atoms with E-state index in [4.69, 9.17) is 9.47 Å². The van der Waals surface area contributed by atoms with Crippen molar-refractivity contribution in [3.05, 3.63) is 60.2 Å². The highest BCUT2D eigenvalue weighted by Gasteiger charge is 2.52. The summed E-state index contributed by atoms with van der Waals surface area (Å²) in [5.74, 6) is 0.611. The molecule has 9 nitrogen and oxygen atoms in total. The average Bonchev–Trinajstić information content (AvgIpc) is 2.80. The van der Waals surface area contributed by atoms with Gasteiger partial charge in [-0.2, -0.15) is 5.10 Å². The molecule has 0 radical (unpaired) electrons. The number of nitrogens with zero attached hydrogens (tertiary/aromatic N) is 1. The van der Waals surface area contributed by atoms with Gasteiger partial charge in [-0.1, -0.05) is 44.2 Å². The Bertz CT molecular complexity index is 1110. The first kappa shape index (κ1) is 29.1. The van der Waals surface area contributed by atoms with E-state index in [9.17, 15) is 18.3 Å². The highest BCUT2D eigenvalue weighted by Crippen LogP contribution is 2.32. The van der Waals surface area contributed by atoms with Gasteiger partial charge in [0.25, 0.3) is 0 Å². The van der Waals surface area contributed by atoms with Crippen LogP contribution in [0.3, 0.4) is 0 Å². The van der Waals surface area contributed by atoms with Crippen LogP contribution in [0.1, 0.15) is 40.2 Å². The molecule has 1 amide bonds. The monoisotopic (exact) mass is 519 g/mol. The van der Waals surface area contributed by atoms with Crippen molar-refractivity contribution >= 4 is 22.1 Å². The number of benzene rings is 2. The fourth-order valence-electron chi connectivity index (χ4n) is 3.43. The van der Waals surface area contributed by atoms with Gasteiger partial charge in [0, 0.05) is 12.6 Å². The SMILES string of the molecule is COc1ccc(S(=O)(=O)[C@](Cc2ccccc2)(NC(=O)OC(C)(C)C)[C@H](O)CNN=CC(C)C)cc1. The van der Waals surface area contributed by atoms with E-state index in [-0.39, 0.29) is 23.8 Å². The molecule has 3 N–H and O–H groups in total. The van der Waals surface area contributed by atoms with Crippen LogP contribution in [0.5, 0.6) is 5.75 Å². The molecule has 36 heavy (non-hydrogen) atoms. The number of nitrogens with one attached hydrogen (secondary N) is 2. The maximum absolute atomic E-state index is 14.2. The third-order valence-corrected chi connectivity index (χ3v) is 7.53. The lowest BCUT2D eigenvalue weighted by Gasteiger charge is -2.38. The number of hydrogen-bond acceptors (Lipinski definition) is 8. The highest BCUT2D eigenvalue weighted by atomic mass is 32.2. The van der Waals surface area contributed by atoms with Crippen molar-refractivity contribution in [1.29, 1.82) is 0 Å². The summed E-state index contributed by atoms with van der Waals surface area (Å²) in [5, 5.41) is 18.0. The number of sulfone groups is 1. The number of ether oxygens (including phenoxy) is 2. The summed E-state index contributed by atoms with van der Waals surface area (Å²) in [4.78, 5) is 10.7. The molecule has 0 saturated heterocycles. The highest BCUT2D eigenvalue weighted by molar-refractivity contribution is 7.93. The van der Waals surface area contributed by atoms with E-state index in [2.05, 4.69) is 15.8 Å². The zero-order valence-corrected chi connectivity index (χ0v) is 22.5. The number of alkyl carbamates (subject to hydrolysis) is 1. The molecule has 0 bridgehead atoms. The quantitative estimate of drug-likeness (QED) is 0.306. The van der Waals surface area contributed by atoms with E-state index in [0.717, 1.165) is 0 Å². The van der Waals surface area contributed by atoms with Gasteiger partial charge in [0.05, 0.1) is 18.6 Å². The first-order valence-electron chi connectivity index (χ1n) is 11.7. The van der Waals surface area contributed by atoms with Gasteiger partial charge in [0.15, 0.2) is 4.87 Å². The van der Waals surface area contributed by atoms with Crippen LogP contribution in [0.25, 0.3) is 0 Å². The largest absolute Gasteiger partial charge is 0.497 e. The Morgan fingerprint density at radius 3 is 2.22 bits per heavy atom. The van der Waals surface area contributed by atoms with E-state index in [1.54, 1.807) is 57.3 Å². The molecule has 2 rings (SSSR count). The van der Waals surface area contributed by atoms with Gasteiger partial charge in [-0.05, 0) is 56.5 Å². The minimum Gasteiger partial charge on any atom is -0.497 e. The Kier molecular flexibility index (Phi) is 9.89. The first-order chi connectivity index (χ1) is 16.8. The number of aliphatic hydroxyl groups is 1. The second kappa shape index (κ2) is 12.2. The fraction of sp³-hybridized carbons (Fsp3) is 0.462. The Hall–Kier alpha value is -3.11. The molecule has 0 heterocycles. The van der Waals surface area contributed by atoms with Crippen molar-refractivity contribution in [2.75, 3.05) is 13.7 Å². The van der Waals surface area contributed by atoms with Gasteiger partial charge in [-0.15, -0.1) is 0 Å². The van der Waals surface area contributed by atoms with Gasteiger partial charge in [0.2, 0.25) is 9.84 Å². The minimum absolute atomic E-state index is 0.0972. The normalized spacial score (nSPS) is 14.8. The number of aliphatic hydroxyl groups excluding tert-OH is 1. The Morgan fingerprint density at radius 2 is 1.69 bits per heavy atom. The van der Waals surface area contributed by atoms with Crippen LogP contribution < -0.4 is 15.5 Å². The van der Waals surface area contributed by atoms with Crippen molar-refractivity contribution in [3.63, 3.8) is 0 Å². The van der Waals surface area contributed by atoms with Crippen molar-refractivity contribution < 1.29 is 27.8 Å². The molecular weight excluding hydrogens is 482 g/mol. The molecule has 10 heteroatoms. The molecule has 2 atom stereocenters. The van der Waals surface area contributed by atoms with Crippen LogP contribution in [0.15, 0.2) is 64.6 Å². The van der Waals surface area contributed by atoms with Gasteiger partial charge in [0.1, 0.15) is 17.5 Å². The molecule has 0 aliphatic heterocycles. The van der Waals surface area contributed by atoms with E-state index in [1.165, 1.54) is 31.4 Å². The van der Waals surface area contributed by atoms with Gasteiger partial charge >= 0.3 is 6.09 Å². The van der Waals surface area contributed by atoms with Crippen molar-refractivity contribution in [1.82, 2.24) is 10.7 Å². The number of hydrogen-bond donors (Lipinski definition) is 3. The molecule has 2 aromatic rings. The summed E-state index contributed by atoms with van der Waals surface area (Å²) in [6, 6.07) is 14.5. The van der Waals surface area contributed by atoms with Crippen LogP contribution in [0.2, 0.25) is 0 Å². The number of carbonyl (C=O) groups is 1. The average molecular weight is 520 g/mol. The lowest BCUT2D eigenvalue weighted by atomic mass is 10.0. The summed E-state index contributed by atoms with van der Waals surface area (Å²) in [5.41, 5.74) is 2.41. The molecule has 0 fully saturated rings. The summed E-state index contributed by atoms with van der Waals surface area (Å²) in [6.07, 6.45) is -1.18. The summed E-state index contributed by atoms with van der Waals surface area (Å²) < 4.78 is 39.0. The predicted octanol–water partition coefficient (Wildman–Crippen LogP) is 3.52. The van der Waals surface area contributed by atoms with Crippen LogP contribution in [-0.4, -0.2) is 56.1 Å².